The number of aromatic carboxylic acids is 1. The molecule has 1 aromatic carbocycles. The van der Waals surface area contributed by atoms with E-state index in [1.54, 1.807) is 24.3 Å². The van der Waals surface area contributed by atoms with Crippen LogP contribution in [0.4, 0.5) is 0 Å². The summed E-state index contributed by atoms with van der Waals surface area (Å²) in [6.07, 6.45) is 1.38. The van der Waals surface area contributed by atoms with Gasteiger partial charge in [-0.15, -0.1) is 0 Å². The number of nitrogens with one attached hydrogen (secondary N) is 1. The maximum Gasteiger partial charge on any atom is 0.336 e. The van der Waals surface area contributed by atoms with Crippen LogP contribution in [0.3, 0.4) is 0 Å². The summed E-state index contributed by atoms with van der Waals surface area (Å²) in [7, 11) is 0. The van der Waals surface area contributed by atoms with Gasteiger partial charge < -0.3 is 5.11 Å². The highest BCUT2D eigenvalue weighted by molar-refractivity contribution is 7.99. The number of carboxylic acids is 1. The van der Waals surface area contributed by atoms with E-state index < -0.39 is 5.97 Å². The van der Waals surface area contributed by atoms with Crippen LogP contribution in [0.15, 0.2) is 40.6 Å². The van der Waals surface area contributed by atoms with Gasteiger partial charge in [0.25, 0.3) is 0 Å². The van der Waals surface area contributed by atoms with Crippen molar-refractivity contribution in [2.75, 3.05) is 0 Å². The Balaban J connectivity index is 2.32. The van der Waals surface area contributed by atoms with E-state index in [-0.39, 0.29) is 5.56 Å². The minimum absolute atomic E-state index is 0.263. The Hall–Kier alpha value is -1.82. The maximum atomic E-state index is 10.9. The van der Waals surface area contributed by atoms with Gasteiger partial charge in [0.15, 0.2) is 5.16 Å². The highest BCUT2D eigenvalue weighted by Crippen LogP contribution is 2.27. The van der Waals surface area contributed by atoms with E-state index in [4.69, 9.17) is 5.11 Å². The van der Waals surface area contributed by atoms with Crippen molar-refractivity contribution in [2.45, 2.75) is 10.1 Å². The van der Waals surface area contributed by atoms with Gasteiger partial charge in [-0.25, -0.2) is 9.78 Å². The van der Waals surface area contributed by atoms with Crippen LogP contribution in [-0.4, -0.2) is 26.3 Å². The Kier molecular flexibility index (Phi) is 2.68. The lowest BCUT2D eigenvalue weighted by Gasteiger charge is -2.01. The lowest BCUT2D eigenvalue weighted by molar-refractivity contribution is 0.0693. The van der Waals surface area contributed by atoms with Gasteiger partial charge in [0.1, 0.15) is 6.33 Å². The minimum Gasteiger partial charge on any atom is -0.478 e. The Bertz CT molecular complexity index is 470. The molecule has 0 aliphatic heterocycles. The third-order valence-electron chi connectivity index (χ3n) is 1.72. The topological polar surface area (TPSA) is 78.9 Å². The number of benzene rings is 1. The van der Waals surface area contributed by atoms with Crippen LogP contribution in [-0.2, 0) is 0 Å². The molecule has 15 heavy (non-hydrogen) atoms. The standard InChI is InChI=1S/C9H7N3O2S/c13-8(14)6-3-1-2-4-7(6)15-9-10-5-11-12-9/h1-5H,(H,13,14)(H,10,11,12). The number of H-pyrrole nitrogens is 1. The van der Waals surface area contributed by atoms with Crippen LogP contribution in [0.5, 0.6) is 0 Å². The van der Waals surface area contributed by atoms with Gasteiger partial charge in [0, 0.05) is 4.90 Å². The molecule has 0 unspecified atom stereocenters. The summed E-state index contributed by atoms with van der Waals surface area (Å²) in [6, 6.07) is 6.76. The number of aromatic nitrogens is 3. The van der Waals surface area contributed by atoms with Gasteiger partial charge >= 0.3 is 5.97 Å². The molecule has 0 fully saturated rings. The zero-order valence-electron chi connectivity index (χ0n) is 7.54. The molecule has 0 bridgehead atoms. The predicted octanol–water partition coefficient (Wildman–Crippen LogP) is 1.65. The quantitative estimate of drug-likeness (QED) is 0.823. The van der Waals surface area contributed by atoms with Gasteiger partial charge in [-0.3, -0.25) is 5.10 Å². The van der Waals surface area contributed by atoms with Crippen LogP contribution in [0.25, 0.3) is 0 Å². The smallest absolute Gasteiger partial charge is 0.336 e. The number of nitrogens with zero attached hydrogens (tertiary/aromatic N) is 2. The first-order valence-corrected chi connectivity index (χ1v) is 4.94. The molecule has 1 aromatic heterocycles. The second-order valence-corrected chi connectivity index (χ2v) is 3.72. The van der Waals surface area contributed by atoms with Crippen molar-refractivity contribution >= 4 is 17.7 Å². The van der Waals surface area contributed by atoms with Gasteiger partial charge in [-0.05, 0) is 23.9 Å². The van der Waals surface area contributed by atoms with Crippen LogP contribution >= 0.6 is 11.8 Å². The Morgan fingerprint density at radius 3 is 2.87 bits per heavy atom. The van der Waals surface area contributed by atoms with E-state index in [1.807, 2.05) is 0 Å². The predicted molar refractivity (Wildman–Crippen MR) is 53.9 cm³/mol. The van der Waals surface area contributed by atoms with Crippen LogP contribution in [0, 0.1) is 0 Å². The fourth-order valence-corrected chi connectivity index (χ4v) is 1.90. The zero-order chi connectivity index (χ0) is 10.7. The van der Waals surface area contributed by atoms with E-state index in [1.165, 1.54) is 18.1 Å². The number of carbonyl (C=O) groups is 1. The number of aromatic amines is 1. The first kappa shape index (κ1) is 9.72. The van der Waals surface area contributed by atoms with Crippen LogP contribution in [0.2, 0.25) is 0 Å². The van der Waals surface area contributed by atoms with E-state index in [0.717, 1.165) is 0 Å². The lowest BCUT2D eigenvalue weighted by atomic mass is 10.2. The molecule has 0 saturated carbocycles. The summed E-state index contributed by atoms with van der Waals surface area (Å²) in [4.78, 5) is 15.4. The molecule has 2 N–H and O–H groups in total. The largest absolute Gasteiger partial charge is 0.478 e. The number of hydrogen-bond donors (Lipinski definition) is 2. The molecule has 5 nitrogen and oxygen atoms in total. The molecule has 0 amide bonds. The molecule has 76 valence electrons. The molecule has 6 heteroatoms. The van der Waals surface area contributed by atoms with Gasteiger partial charge in [-0.1, -0.05) is 12.1 Å². The first-order valence-electron chi connectivity index (χ1n) is 4.13. The van der Waals surface area contributed by atoms with Crippen molar-refractivity contribution in [3.8, 4) is 0 Å². The summed E-state index contributed by atoms with van der Waals surface area (Å²) in [5, 5.41) is 15.9. The highest BCUT2D eigenvalue weighted by Gasteiger charge is 2.10. The Morgan fingerprint density at radius 2 is 2.20 bits per heavy atom. The minimum atomic E-state index is -0.947. The van der Waals surface area contributed by atoms with Crippen molar-refractivity contribution in [1.82, 2.24) is 15.2 Å². The van der Waals surface area contributed by atoms with Crippen molar-refractivity contribution < 1.29 is 9.90 Å². The Morgan fingerprint density at radius 1 is 1.40 bits per heavy atom. The van der Waals surface area contributed by atoms with Crippen molar-refractivity contribution in [3.63, 3.8) is 0 Å². The SMILES string of the molecule is O=C(O)c1ccccc1Sc1ncn[nH]1. The second-order valence-electron chi connectivity index (χ2n) is 2.69. The lowest BCUT2D eigenvalue weighted by Crippen LogP contribution is -1.98. The molecule has 0 radical (unpaired) electrons. The average Bonchev–Trinajstić information content (AvgIpc) is 2.71. The van der Waals surface area contributed by atoms with E-state index in [2.05, 4.69) is 15.2 Å². The summed E-state index contributed by atoms with van der Waals surface area (Å²) in [5.74, 6) is -0.947. The third kappa shape index (κ3) is 2.16. The molecule has 0 aliphatic carbocycles. The molecular formula is C9H7N3O2S. The molecular weight excluding hydrogens is 214 g/mol. The van der Waals surface area contributed by atoms with Crippen LogP contribution < -0.4 is 0 Å². The summed E-state index contributed by atoms with van der Waals surface area (Å²) in [6.45, 7) is 0. The fraction of sp³-hybridized carbons (Fsp3) is 0. The monoisotopic (exact) mass is 221 g/mol. The molecule has 1 heterocycles. The molecule has 2 aromatic rings. The van der Waals surface area contributed by atoms with Crippen molar-refractivity contribution in [2.24, 2.45) is 0 Å². The summed E-state index contributed by atoms with van der Waals surface area (Å²) in [5.41, 5.74) is 0.263. The van der Waals surface area contributed by atoms with Crippen LogP contribution in [0.1, 0.15) is 10.4 Å². The first-order chi connectivity index (χ1) is 7.27. The van der Waals surface area contributed by atoms with Gasteiger partial charge in [0.05, 0.1) is 5.56 Å². The third-order valence-corrected chi connectivity index (χ3v) is 2.68. The molecule has 0 atom stereocenters. The number of rotatable bonds is 3. The number of carboxylic acid groups (broad SMARTS) is 1. The second kappa shape index (κ2) is 4.14. The van der Waals surface area contributed by atoms with Gasteiger partial charge in [-0.2, -0.15) is 5.10 Å². The highest BCUT2D eigenvalue weighted by atomic mass is 32.2. The summed E-state index contributed by atoms with van der Waals surface area (Å²) >= 11 is 1.24. The van der Waals surface area contributed by atoms with E-state index in [9.17, 15) is 4.79 Å². The van der Waals surface area contributed by atoms with E-state index in [0.29, 0.717) is 10.1 Å². The Labute approximate surface area is 89.5 Å². The van der Waals surface area contributed by atoms with Gasteiger partial charge in [0.2, 0.25) is 0 Å². The molecule has 0 saturated heterocycles. The van der Waals surface area contributed by atoms with Crippen molar-refractivity contribution in [3.05, 3.63) is 36.2 Å². The molecule has 0 aliphatic rings. The maximum absolute atomic E-state index is 10.9. The zero-order valence-corrected chi connectivity index (χ0v) is 8.36. The average molecular weight is 221 g/mol. The van der Waals surface area contributed by atoms with E-state index >= 15 is 0 Å². The normalized spacial score (nSPS) is 10.1. The number of hydrogen-bond acceptors (Lipinski definition) is 4. The molecule has 2 rings (SSSR count). The summed E-state index contributed by atoms with van der Waals surface area (Å²) < 4.78 is 0. The fourth-order valence-electron chi connectivity index (χ4n) is 1.08. The van der Waals surface area contributed by atoms with Crippen molar-refractivity contribution in [1.29, 1.82) is 0 Å². The molecule has 0 spiro atoms.